The van der Waals surface area contributed by atoms with E-state index in [9.17, 15) is 9.18 Å². The number of halogens is 1. The maximum atomic E-state index is 13.2. The fourth-order valence-corrected chi connectivity index (χ4v) is 3.50. The van der Waals surface area contributed by atoms with Crippen LogP contribution in [-0.2, 0) is 11.2 Å². The van der Waals surface area contributed by atoms with Crippen LogP contribution in [0.1, 0.15) is 31.7 Å². The number of nitrogens with one attached hydrogen (secondary N) is 2. The Bertz CT molecular complexity index is 649. The van der Waals surface area contributed by atoms with Gasteiger partial charge in [0.05, 0.1) is 6.04 Å². The molecule has 1 aromatic rings. The molecule has 0 spiro atoms. The third kappa shape index (κ3) is 7.11. The molecule has 1 amide bonds. The summed E-state index contributed by atoms with van der Waals surface area (Å²) < 4.78 is 13.2. The minimum absolute atomic E-state index is 0.0246. The summed E-state index contributed by atoms with van der Waals surface area (Å²) >= 11 is 0. The first-order chi connectivity index (χ1) is 13.5. The Morgan fingerprint density at radius 1 is 1.36 bits per heavy atom. The predicted octanol–water partition coefficient (Wildman–Crippen LogP) is 1.87. The highest BCUT2D eigenvalue weighted by atomic mass is 19.1. The third-order valence-electron chi connectivity index (χ3n) is 4.90. The van der Waals surface area contributed by atoms with Crippen LogP contribution < -0.4 is 10.6 Å². The van der Waals surface area contributed by atoms with E-state index >= 15 is 0 Å². The van der Waals surface area contributed by atoms with Gasteiger partial charge in [-0.3, -0.25) is 14.7 Å². The molecule has 2 rings (SSSR count). The molecule has 1 aromatic carbocycles. The Hall–Kier alpha value is -2.15. The molecule has 1 heterocycles. The maximum absolute atomic E-state index is 13.2. The van der Waals surface area contributed by atoms with Crippen molar-refractivity contribution in [3.8, 4) is 0 Å². The van der Waals surface area contributed by atoms with Crippen LogP contribution in [0.4, 0.5) is 4.39 Å². The van der Waals surface area contributed by atoms with Crippen molar-refractivity contribution in [2.24, 2.45) is 4.99 Å². The highest BCUT2D eigenvalue weighted by molar-refractivity contribution is 5.81. The van der Waals surface area contributed by atoms with Gasteiger partial charge in [-0.2, -0.15) is 0 Å². The van der Waals surface area contributed by atoms with Crippen LogP contribution in [-0.4, -0.2) is 74.5 Å². The molecule has 1 aliphatic heterocycles. The molecule has 0 bridgehead atoms. The fourth-order valence-electron chi connectivity index (χ4n) is 3.50. The summed E-state index contributed by atoms with van der Waals surface area (Å²) in [6, 6.07) is 6.70. The Labute approximate surface area is 168 Å². The van der Waals surface area contributed by atoms with Gasteiger partial charge in [0.2, 0.25) is 5.91 Å². The number of likely N-dealkylation sites (N-methyl/N-ethyl adjacent to an activating group) is 1. The topological polar surface area (TPSA) is 60.0 Å². The van der Waals surface area contributed by atoms with Crippen LogP contribution in [0.15, 0.2) is 29.3 Å². The summed E-state index contributed by atoms with van der Waals surface area (Å²) in [5.74, 6) is 0.778. The second kappa shape index (κ2) is 11.6. The van der Waals surface area contributed by atoms with Crippen molar-refractivity contribution in [1.29, 1.82) is 0 Å². The molecule has 28 heavy (non-hydrogen) atoms. The highest BCUT2D eigenvalue weighted by Gasteiger charge is 2.30. The smallest absolute Gasteiger partial charge is 0.239 e. The van der Waals surface area contributed by atoms with Gasteiger partial charge in [0.15, 0.2) is 5.96 Å². The molecule has 0 aliphatic carbocycles. The number of amides is 1. The van der Waals surface area contributed by atoms with Crippen molar-refractivity contribution in [2.45, 2.75) is 38.6 Å². The molecule has 1 fully saturated rings. The molecule has 1 unspecified atom stereocenters. The minimum Gasteiger partial charge on any atom is -0.357 e. The minimum atomic E-state index is -0.203. The van der Waals surface area contributed by atoms with E-state index in [2.05, 4.69) is 20.5 Å². The van der Waals surface area contributed by atoms with E-state index in [1.807, 2.05) is 27.1 Å². The molecule has 1 aliphatic rings. The molecule has 7 heteroatoms. The summed E-state index contributed by atoms with van der Waals surface area (Å²) in [5, 5.41) is 6.54. The number of nitrogens with zero attached hydrogens (tertiary/aromatic N) is 3. The van der Waals surface area contributed by atoms with Gasteiger partial charge in [0.1, 0.15) is 5.82 Å². The first-order valence-corrected chi connectivity index (χ1v) is 10.2. The van der Waals surface area contributed by atoms with E-state index in [0.29, 0.717) is 13.1 Å². The second-order valence-electron chi connectivity index (χ2n) is 7.35. The van der Waals surface area contributed by atoms with Gasteiger partial charge in [-0.25, -0.2) is 4.39 Å². The normalized spacial score (nSPS) is 17.6. The van der Waals surface area contributed by atoms with Crippen molar-refractivity contribution in [3.05, 3.63) is 35.6 Å². The molecule has 6 nitrogen and oxygen atoms in total. The van der Waals surface area contributed by atoms with Crippen LogP contribution in [0.2, 0.25) is 0 Å². The van der Waals surface area contributed by atoms with E-state index in [4.69, 9.17) is 0 Å². The van der Waals surface area contributed by atoms with Crippen molar-refractivity contribution < 1.29 is 9.18 Å². The van der Waals surface area contributed by atoms with Crippen molar-refractivity contribution in [1.82, 2.24) is 20.4 Å². The average Bonchev–Trinajstić information content (AvgIpc) is 3.13. The number of carbonyl (C=O) groups excluding carboxylic acids is 1. The monoisotopic (exact) mass is 391 g/mol. The summed E-state index contributed by atoms with van der Waals surface area (Å²) in [6.45, 7) is 6.09. The quantitative estimate of drug-likeness (QED) is 0.383. The Kier molecular flexibility index (Phi) is 9.20. The summed E-state index contributed by atoms with van der Waals surface area (Å²) in [4.78, 5) is 20.8. The predicted molar refractivity (Wildman–Crippen MR) is 112 cm³/mol. The summed E-state index contributed by atoms with van der Waals surface area (Å²) in [7, 11) is 3.64. The van der Waals surface area contributed by atoms with E-state index in [1.54, 1.807) is 17.0 Å². The lowest BCUT2D eigenvalue weighted by Gasteiger charge is -2.25. The number of benzene rings is 1. The lowest BCUT2D eigenvalue weighted by atomic mass is 10.1. The van der Waals surface area contributed by atoms with Gasteiger partial charge >= 0.3 is 0 Å². The number of likely N-dealkylation sites (tertiary alicyclic amines) is 1. The molecule has 1 saturated heterocycles. The number of hydrogen-bond donors (Lipinski definition) is 2. The zero-order chi connectivity index (χ0) is 20.4. The molecule has 1 atom stereocenters. The van der Waals surface area contributed by atoms with Crippen LogP contribution >= 0.6 is 0 Å². The second-order valence-corrected chi connectivity index (χ2v) is 7.35. The van der Waals surface area contributed by atoms with Crippen LogP contribution in [0, 0.1) is 5.82 Å². The molecule has 0 saturated carbocycles. The van der Waals surface area contributed by atoms with Gasteiger partial charge in [-0.15, -0.1) is 0 Å². The van der Waals surface area contributed by atoms with Gasteiger partial charge in [-0.1, -0.05) is 12.1 Å². The molecular formula is C21H34FN5O. The van der Waals surface area contributed by atoms with E-state index in [1.165, 1.54) is 6.07 Å². The summed E-state index contributed by atoms with van der Waals surface area (Å²) in [6.07, 6.45) is 3.68. The average molecular weight is 392 g/mol. The van der Waals surface area contributed by atoms with Crippen molar-refractivity contribution in [2.75, 3.05) is 46.8 Å². The highest BCUT2D eigenvalue weighted by Crippen LogP contribution is 2.18. The number of hydrogen-bond acceptors (Lipinski definition) is 3. The molecule has 0 aromatic heterocycles. The molecule has 2 N–H and O–H groups in total. The fraction of sp³-hybridized carbons (Fsp3) is 0.619. The number of guanidine groups is 1. The molecular weight excluding hydrogens is 357 g/mol. The number of carbonyl (C=O) groups is 1. The lowest BCUT2D eigenvalue weighted by Crippen LogP contribution is -2.43. The zero-order valence-corrected chi connectivity index (χ0v) is 17.4. The van der Waals surface area contributed by atoms with Gasteiger partial charge in [0.25, 0.3) is 0 Å². The van der Waals surface area contributed by atoms with Gasteiger partial charge in [0, 0.05) is 40.3 Å². The number of aliphatic imine (C=N–C) groups is 1. The van der Waals surface area contributed by atoms with E-state index in [-0.39, 0.29) is 17.8 Å². The zero-order valence-electron chi connectivity index (χ0n) is 17.4. The van der Waals surface area contributed by atoms with Crippen molar-refractivity contribution in [3.63, 3.8) is 0 Å². The Balaban J connectivity index is 1.75. The lowest BCUT2D eigenvalue weighted by molar-refractivity contribution is -0.133. The van der Waals surface area contributed by atoms with Crippen LogP contribution in [0.25, 0.3) is 0 Å². The Morgan fingerprint density at radius 3 is 2.89 bits per heavy atom. The summed E-state index contributed by atoms with van der Waals surface area (Å²) in [5.41, 5.74) is 0.967. The Morgan fingerprint density at radius 2 is 2.18 bits per heavy atom. The van der Waals surface area contributed by atoms with Crippen molar-refractivity contribution >= 4 is 11.9 Å². The number of rotatable bonds is 9. The van der Waals surface area contributed by atoms with Gasteiger partial charge in [-0.05, 0) is 56.8 Å². The first kappa shape index (κ1) is 22.1. The molecule has 0 radical (unpaired) electrons. The maximum Gasteiger partial charge on any atom is 0.239 e. The molecule has 156 valence electrons. The SMILES string of the molecule is CCNC(=NCCCN1CCCC1C(=O)N(C)C)NCCc1cccc(F)c1. The standard InChI is InChI=1S/C21H34FN5O/c1-4-23-21(25-13-11-17-8-5-9-18(22)16-17)24-12-7-15-27-14-6-10-19(27)20(28)26(2)3/h5,8-9,16,19H,4,6-7,10-15H2,1-3H3,(H2,23,24,25). The third-order valence-corrected chi connectivity index (χ3v) is 4.90. The largest absolute Gasteiger partial charge is 0.357 e. The van der Waals surface area contributed by atoms with E-state index < -0.39 is 0 Å². The first-order valence-electron chi connectivity index (χ1n) is 10.2. The van der Waals surface area contributed by atoms with Crippen LogP contribution in [0.3, 0.4) is 0 Å². The van der Waals surface area contributed by atoms with Crippen LogP contribution in [0.5, 0.6) is 0 Å². The van der Waals surface area contributed by atoms with E-state index in [0.717, 1.165) is 56.8 Å². The van der Waals surface area contributed by atoms with Gasteiger partial charge < -0.3 is 15.5 Å².